The van der Waals surface area contributed by atoms with Crippen LogP contribution in [0.5, 0.6) is 0 Å². The highest BCUT2D eigenvalue weighted by Crippen LogP contribution is 2.42. The van der Waals surface area contributed by atoms with Crippen LogP contribution in [0, 0.1) is 0 Å². The number of nitrogens with zero attached hydrogens (tertiary/aromatic N) is 4. The van der Waals surface area contributed by atoms with Crippen molar-refractivity contribution in [3.8, 4) is 51.0 Å². The fraction of sp³-hybridized carbons (Fsp3) is 0. The van der Waals surface area contributed by atoms with Gasteiger partial charge in [0.2, 0.25) is 0 Å². The van der Waals surface area contributed by atoms with E-state index in [-0.39, 0.29) is 0 Å². The molecule has 3 aromatic heterocycles. The van der Waals surface area contributed by atoms with Crippen molar-refractivity contribution in [2.24, 2.45) is 0 Å². The molecular formula is C45H28N4O. The third kappa shape index (κ3) is 4.45. The summed E-state index contributed by atoms with van der Waals surface area (Å²) in [7, 11) is 0. The molecule has 0 bridgehead atoms. The van der Waals surface area contributed by atoms with Crippen molar-refractivity contribution in [1.29, 1.82) is 0 Å². The molecule has 10 aromatic rings. The number of hydrogen-bond acceptors (Lipinski definition) is 4. The van der Waals surface area contributed by atoms with Gasteiger partial charge in [-0.1, -0.05) is 140 Å². The second kappa shape index (κ2) is 11.4. The molecule has 3 heterocycles. The summed E-state index contributed by atoms with van der Waals surface area (Å²) in [4.78, 5) is 15.6. The molecule has 0 aliphatic rings. The first-order valence-corrected chi connectivity index (χ1v) is 16.7. The van der Waals surface area contributed by atoms with Crippen molar-refractivity contribution < 1.29 is 4.42 Å². The molecule has 0 atom stereocenters. The lowest BCUT2D eigenvalue weighted by Crippen LogP contribution is -2.01. The summed E-state index contributed by atoms with van der Waals surface area (Å²) in [5, 5.41) is 4.24. The maximum Gasteiger partial charge on any atom is 0.164 e. The van der Waals surface area contributed by atoms with E-state index in [1.165, 1.54) is 0 Å². The minimum Gasteiger partial charge on any atom is -0.455 e. The van der Waals surface area contributed by atoms with Crippen LogP contribution in [-0.4, -0.2) is 19.5 Å². The van der Waals surface area contributed by atoms with Gasteiger partial charge in [0.05, 0.1) is 11.0 Å². The van der Waals surface area contributed by atoms with E-state index in [9.17, 15) is 0 Å². The molecule has 0 unspecified atom stereocenters. The van der Waals surface area contributed by atoms with Gasteiger partial charge in [-0.05, 0) is 35.9 Å². The Kier molecular flexibility index (Phi) is 6.42. The summed E-state index contributed by atoms with van der Waals surface area (Å²) >= 11 is 0. The smallest absolute Gasteiger partial charge is 0.164 e. The topological polar surface area (TPSA) is 56.7 Å². The van der Waals surface area contributed by atoms with E-state index in [0.29, 0.717) is 17.5 Å². The van der Waals surface area contributed by atoms with Crippen LogP contribution >= 0.6 is 0 Å². The Morgan fingerprint density at radius 1 is 0.380 bits per heavy atom. The first kappa shape index (κ1) is 28.2. The first-order chi connectivity index (χ1) is 24.8. The van der Waals surface area contributed by atoms with Gasteiger partial charge in [0.25, 0.3) is 0 Å². The largest absolute Gasteiger partial charge is 0.455 e. The van der Waals surface area contributed by atoms with Gasteiger partial charge in [-0.3, -0.25) is 0 Å². The van der Waals surface area contributed by atoms with Crippen molar-refractivity contribution in [3.05, 3.63) is 170 Å². The molecule has 0 fully saturated rings. The molecule has 0 spiro atoms. The van der Waals surface area contributed by atoms with Crippen LogP contribution in [0.1, 0.15) is 0 Å². The maximum absolute atomic E-state index is 6.61. The van der Waals surface area contributed by atoms with E-state index >= 15 is 0 Å². The predicted octanol–water partition coefficient (Wildman–Crippen LogP) is 11.5. The first-order valence-electron chi connectivity index (χ1n) is 16.7. The van der Waals surface area contributed by atoms with Crippen molar-refractivity contribution >= 4 is 43.7 Å². The van der Waals surface area contributed by atoms with Crippen LogP contribution in [0.4, 0.5) is 0 Å². The average Bonchev–Trinajstić information content (AvgIpc) is 3.75. The lowest BCUT2D eigenvalue weighted by molar-refractivity contribution is 0.670. The molecular weight excluding hydrogens is 613 g/mol. The number of rotatable bonds is 5. The van der Waals surface area contributed by atoms with Gasteiger partial charge >= 0.3 is 0 Å². The molecule has 5 heteroatoms. The molecule has 10 rings (SSSR count). The summed E-state index contributed by atoms with van der Waals surface area (Å²) in [5.74, 6) is 1.82. The Morgan fingerprint density at radius 3 is 1.68 bits per heavy atom. The van der Waals surface area contributed by atoms with E-state index < -0.39 is 0 Å². The highest BCUT2D eigenvalue weighted by molar-refractivity contribution is 6.16. The van der Waals surface area contributed by atoms with Gasteiger partial charge < -0.3 is 8.98 Å². The zero-order valence-electron chi connectivity index (χ0n) is 26.9. The number of benzene rings is 7. The fourth-order valence-corrected chi connectivity index (χ4v) is 7.27. The number of hydrogen-bond donors (Lipinski definition) is 0. The number of fused-ring (bicyclic) bond motifs is 6. The van der Waals surface area contributed by atoms with E-state index in [2.05, 4.69) is 120 Å². The van der Waals surface area contributed by atoms with Crippen molar-refractivity contribution in [2.75, 3.05) is 0 Å². The quantitative estimate of drug-likeness (QED) is 0.188. The second-order valence-electron chi connectivity index (χ2n) is 12.4. The Labute approximate surface area is 287 Å². The monoisotopic (exact) mass is 640 g/mol. The Morgan fingerprint density at radius 2 is 0.920 bits per heavy atom. The molecule has 0 radical (unpaired) electrons. The summed E-state index contributed by atoms with van der Waals surface area (Å²) in [6.45, 7) is 0. The van der Waals surface area contributed by atoms with Crippen LogP contribution < -0.4 is 0 Å². The molecule has 0 N–H and O–H groups in total. The average molecular weight is 641 g/mol. The molecule has 50 heavy (non-hydrogen) atoms. The fourth-order valence-electron chi connectivity index (χ4n) is 7.27. The van der Waals surface area contributed by atoms with Gasteiger partial charge in [0, 0.05) is 49.5 Å². The predicted molar refractivity (Wildman–Crippen MR) is 203 cm³/mol. The molecule has 5 nitrogen and oxygen atoms in total. The molecule has 0 aliphatic carbocycles. The molecule has 234 valence electrons. The van der Waals surface area contributed by atoms with E-state index in [1.54, 1.807) is 0 Å². The highest BCUT2D eigenvalue weighted by Gasteiger charge is 2.22. The molecule has 0 amide bonds. The van der Waals surface area contributed by atoms with Crippen LogP contribution in [0.2, 0.25) is 0 Å². The van der Waals surface area contributed by atoms with Gasteiger partial charge in [0.15, 0.2) is 17.5 Å². The number of furan rings is 1. The van der Waals surface area contributed by atoms with E-state index in [1.807, 2.05) is 54.6 Å². The SMILES string of the molecule is c1ccc(-c2nc(-c3cccc4oc5c(-c6ccccc6)cccc5c34)nc(-c3cccc4c3c3ccccc3n4-c3ccccc3)n2)cc1. The lowest BCUT2D eigenvalue weighted by Gasteiger charge is -2.11. The standard InChI is InChI=1S/C45H28N4O/c1-4-15-29(16-5-1)32-22-12-23-34-41-36(25-14-28-39(41)50-42(32)34)45-47-43(30-17-6-2-7-18-30)46-44(48-45)35-24-13-27-38-40(35)33-21-10-11-26-37(33)49(38)31-19-8-3-9-20-31/h1-28H. The number of aromatic nitrogens is 4. The third-order valence-corrected chi connectivity index (χ3v) is 9.47. The normalized spacial score (nSPS) is 11.6. The molecule has 7 aromatic carbocycles. The summed E-state index contributed by atoms with van der Waals surface area (Å²) in [6.07, 6.45) is 0. The zero-order valence-corrected chi connectivity index (χ0v) is 26.9. The second-order valence-corrected chi connectivity index (χ2v) is 12.4. The molecule has 0 saturated heterocycles. The van der Waals surface area contributed by atoms with Crippen molar-refractivity contribution in [1.82, 2.24) is 19.5 Å². The van der Waals surface area contributed by atoms with Crippen LogP contribution in [0.3, 0.4) is 0 Å². The minimum atomic E-state index is 0.594. The zero-order chi connectivity index (χ0) is 33.0. The van der Waals surface area contributed by atoms with E-state index in [0.717, 1.165) is 77.2 Å². The van der Waals surface area contributed by atoms with Gasteiger partial charge in [-0.2, -0.15) is 0 Å². The molecule has 0 saturated carbocycles. The van der Waals surface area contributed by atoms with Crippen LogP contribution in [-0.2, 0) is 0 Å². The Hall–Kier alpha value is -6.85. The third-order valence-electron chi connectivity index (χ3n) is 9.47. The lowest BCUT2D eigenvalue weighted by atomic mass is 10.0. The van der Waals surface area contributed by atoms with E-state index in [4.69, 9.17) is 19.4 Å². The maximum atomic E-state index is 6.61. The van der Waals surface area contributed by atoms with Crippen LogP contribution in [0.25, 0.3) is 94.7 Å². The minimum absolute atomic E-state index is 0.594. The van der Waals surface area contributed by atoms with Gasteiger partial charge in [0.1, 0.15) is 11.2 Å². The highest BCUT2D eigenvalue weighted by atomic mass is 16.3. The van der Waals surface area contributed by atoms with Crippen molar-refractivity contribution in [2.45, 2.75) is 0 Å². The number of para-hydroxylation sites is 3. The summed E-state index contributed by atoms with van der Waals surface area (Å²) in [6, 6.07) is 58.4. The summed E-state index contributed by atoms with van der Waals surface area (Å²) < 4.78 is 8.92. The van der Waals surface area contributed by atoms with Gasteiger partial charge in [-0.15, -0.1) is 0 Å². The van der Waals surface area contributed by atoms with Crippen LogP contribution in [0.15, 0.2) is 174 Å². The Bertz CT molecular complexity index is 2860. The molecule has 0 aliphatic heterocycles. The Balaban J connectivity index is 1.26. The summed E-state index contributed by atoms with van der Waals surface area (Å²) in [5.41, 5.74) is 9.88. The van der Waals surface area contributed by atoms with Crippen molar-refractivity contribution in [3.63, 3.8) is 0 Å². The van der Waals surface area contributed by atoms with Gasteiger partial charge in [-0.25, -0.2) is 15.0 Å².